The van der Waals surface area contributed by atoms with Crippen LogP contribution >= 0.6 is 11.8 Å². The average molecular weight is 411 g/mol. The molecule has 0 aliphatic rings. The lowest BCUT2D eigenvalue weighted by Gasteiger charge is -2.19. The number of nitrogens with zero attached hydrogens (tertiary/aromatic N) is 3. The molecule has 2 rings (SSSR count). The molecule has 0 heterocycles. The molecule has 0 bridgehead atoms. The summed E-state index contributed by atoms with van der Waals surface area (Å²) < 4.78 is 5.19. The van der Waals surface area contributed by atoms with Gasteiger partial charge in [0.25, 0.3) is 5.91 Å². The first-order valence-electron chi connectivity index (χ1n) is 8.75. The molecule has 0 N–H and O–H groups in total. The molecule has 29 heavy (non-hydrogen) atoms. The molecule has 0 aliphatic heterocycles. The van der Waals surface area contributed by atoms with E-state index in [9.17, 15) is 14.4 Å². The summed E-state index contributed by atoms with van der Waals surface area (Å²) in [7, 11) is 3.32. The monoisotopic (exact) mass is 411 g/mol. The minimum Gasteiger partial charge on any atom is -0.452 e. The molecule has 0 spiro atoms. The highest BCUT2D eigenvalue weighted by molar-refractivity contribution is 8.00. The van der Waals surface area contributed by atoms with Crippen molar-refractivity contribution in [2.75, 3.05) is 37.9 Å². The third-order valence-electron chi connectivity index (χ3n) is 3.88. The molecule has 0 aliphatic carbocycles. The molecule has 0 unspecified atom stereocenters. The van der Waals surface area contributed by atoms with Gasteiger partial charge in [0.2, 0.25) is 5.91 Å². The zero-order valence-electron chi connectivity index (χ0n) is 16.2. The highest BCUT2D eigenvalue weighted by Gasteiger charge is 2.20. The Balaban J connectivity index is 2.04. The summed E-state index contributed by atoms with van der Waals surface area (Å²) in [4.78, 5) is 40.1. The molecule has 7 nitrogen and oxygen atoms in total. The van der Waals surface area contributed by atoms with E-state index in [4.69, 9.17) is 10.00 Å². The average Bonchev–Trinajstić information content (AvgIpc) is 2.74. The van der Waals surface area contributed by atoms with Gasteiger partial charge in [-0.15, -0.1) is 11.8 Å². The largest absolute Gasteiger partial charge is 0.452 e. The number of esters is 1. The molecule has 150 valence electrons. The molecule has 0 saturated heterocycles. The van der Waals surface area contributed by atoms with Crippen LogP contribution in [0.5, 0.6) is 0 Å². The van der Waals surface area contributed by atoms with Gasteiger partial charge in [-0.2, -0.15) is 5.26 Å². The summed E-state index contributed by atoms with van der Waals surface area (Å²) in [5, 5.41) is 9.00. The van der Waals surface area contributed by atoms with Crippen LogP contribution in [0.25, 0.3) is 0 Å². The maximum absolute atomic E-state index is 12.5. The molecule has 8 heteroatoms. The van der Waals surface area contributed by atoms with Crippen molar-refractivity contribution in [3.8, 4) is 6.07 Å². The Bertz CT molecular complexity index is 910. The van der Waals surface area contributed by atoms with Crippen molar-refractivity contribution in [3.63, 3.8) is 0 Å². The predicted molar refractivity (Wildman–Crippen MR) is 111 cm³/mol. The van der Waals surface area contributed by atoms with Crippen molar-refractivity contribution in [3.05, 3.63) is 60.2 Å². The lowest BCUT2D eigenvalue weighted by molar-refractivity contribution is -0.125. The first-order valence-corrected chi connectivity index (χ1v) is 9.74. The fourth-order valence-electron chi connectivity index (χ4n) is 2.31. The molecular formula is C21H21N3O4S. The van der Waals surface area contributed by atoms with Gasteiger partial charge in [-0.25, -0.2) is 4.79 Å². The molecule has 2 amide bonds. The van der Waals surface area contributed by atoms with Crippen LogP contribution < -0.4 is 4.90 Å². The summed E-state index contributed by atoms with van der Waals surface area (Å²) in [6, 6.07) is 17.4. The maximum Gasteiger partial charge on any atom is 0.339 e. The number of anilines is 1. The van der Waals surface area contributed by atoms with Gasteiger partial charge in [0, 0.05) is 24.7 Å². The highest BCUT2D eigenvalue weighted by atomic mass is 32.2. The van der Waals surface area contributed by atoms with Gasteiger partial charge in [0.1, 0.15) is 6.54 Å². The number of ether oxygens (including phenoxy) is 1. The molecule has 0 atom stereocenters. The first kappa shape index (κ1) is 22.0. The van der Waals surface area contributed by atoms with E-state index in [1.54, 1.807) is 68.7 Å². The summed E-state index contributed by atoms with van der Waals surface area (Å²) in [6.07, 6.45) is 0. The number of para-hydroxylation sites is 1. The lowest BCUT2D eigenvalue weighted by atomic mass is 10.2. The van der Waals surface area contributed by atoms with Crippen LogP contribution in [0.2, 0.25) is 0 Å². The minimum atomic E-state index is -0.663. The first-order chi connectivity index (χ1) is 13.9. The Hall–Kier alpha value is -3.31. The Labute approximate surface area is 173 Å². The van der Waals surface area contributed by atoms with Gasteiger partial charge in [0.15, 0.2) is 6.61 Å². The number of carbonyl (C=O) groups excluding carboxylic acids is 3. The Morgan fingerprint density at radius 1 is 1.00 bits per heavy atom. The second-order valence-corrected chi connectivity index (χ2v) is 7.14. The number of nitriles is 1. The fourth-order valence-corrected chi connectivity index (χ4v) is 3.33. The van der Waals surface area contributed by atoms with Gasteiger partial charge >= 0.3 is 5.97 Å². The smallest absolute Gasteiger partial charge is 0.339 e. The van der Waals surface area contributed by atoms with Crippen LogP contribution in [0.3, 0.4) is 0 Å². The minimum absolute atomic E-state index is 0.0802. The number of thioether (sulfide) groups is 1. The van der Waals surface area contributed by atoms with E-state index in [1.807, 2.05) is 6.07 Å². The van der Waals surface area contributed by atoms with Crippen LogP contribution in [0.4, 0.5) is 5.69 Å². The van der Waals surface area contributed by atoms with Crippen LogP contribution in [0.15, 0.2) is 59.5 Å². The van der Waals surface area contributed by atoms with E-state index in [-0.39, 0.29) is 23.8 Å². The number of rotatable bonds is 8. The van der Waals surface area contributed by atoms with E-state index in [0.29, 0.717) is 10.6 Å². The second-order valence-electron chi connectivity index (χ2n) is 6.12. The number of benzene rings is 2. The molecular weight excluding hydrogens is 390 g/mol. The molecule has 2 aromatic rings. The predicted octanol–water partition coefficient (Wildman–Crippen LogP) is 2.58. The fraction of sp³-hybridized carbons (Fsp3) is 0.238. The Kier molecular flexibility index (Phi) is 8.25. The Morgan fingerprint density at radius 2 is 1.66 bits per heavy atom. The van der Waals surface area contributed by atoms with Gasteiger partial charge < -0.3 is 9.64 Å². The topological polar surface area (TPSA) is 90.7 Å². The van der Waals surface area contributed by atoms with Crippen LogP contribution in [0, 0.1) is 11.3 Å². The van der Waals surface area contributed by atoms with Gasteiger partial charge in [-0.3, -0.25) is 14.5 Å². The molecule has 0 aromatic heterocycles. The van der Waals surface area contributed by atoms with Crippen molar-refractivity contribution in [2.24, 2.45) is 0 Å². The summed E-state index contributed by atoms with van der Waals surface area (Å²) in [5.41, 5.74) is 0.830. The van der Waals surface area contributed by atoms with E-state index >= 15 is 0 Å². The second kappa shape index (κ2) is 10.9. The van der Waals surface area contributed by atoms with E-state index in [1.165, 1.54) is 21.6 Å². The summed E-state index contributed by atoms with van der Waals surface area (Å²) in [6.45, 7) is -0.648. The molecule has 0 fully saturated rings. The molecule has 2 aromatic carbocycles. The summed E-state index contributed by atoms with van der Waals surface area (Å²) in [5.74, 6) is -1.06. The number of hydrogen-bond donors (Lipinski definition) is 0. The van der Waals surface area contributed by atoms with Crippen LogP contribution in [0.1, 0.15) is 10.4 Å². The van der Waals surface area contributed by atoms with E-state index in [0.717, 1.165) is 0 Å². The number of amides is 2. The van der Waals surface area contributed by atoms with Crippen LogP contribution in [-0.4, -0.2) is 55.7 Å². The van der Waals surface area contributed by atoms with Gasteiger partial charge in [0.05, 0.1) is 17.4 Å². The zero-order valence-corrected chi connectivity index (χ0v) is 17.0. The number of carbonyl (C=O) groups is 3. The summed E-state index contributed by atoms with van der Waals surface area (Å²) >= 11 is 1.23. The zero-order chi connectivity index (χ0) is 21.2. The van der Waals surface area contributed by atoms with Crippen molar-refractivity contribution >= 4 is 35.2 Å². The Morgan fingerprint density at radius 3 is 2.31 bits per heavy atom. The molecule has 0 radical (unpaired) electrons. The van der Waals surface area contributed by atoms with E-state index in [2.05, 4.69) is 0 Å². The molecule has 0 saturated carbocycles. The third kappa shape index (κ3) is 6.36. The standard InChI is InChI=1S/C21H21N3O4S/c1-23(2)20(26)15-29-18-11-7-6-10-17(18)21(27)28-14-19(25)24(13-12-22)16-8-4-3-5-9-16/h3-11H,13-15H2,1-2H3. The third-order valence-corrected chi connectivity index (χ3v) is 4.94. The van der Waals surface area contributed by atoms with E-state index < -0.39 is 18.5 Å². The van der Waals surface area contributed by atoms with Crippen molar-refractivity contribution in [1.82, 2.24) is 4.90 Å². The van der Waals surface area contributed by atoms with Crippen LogP contribution in [-0.2, 0) is 14.3 Å². The SMILES string of the molecule is CN(C)C(=O)CSc1ccccc1C(=O)OCC(=O)N(CC#N)c1ccccc1. The van der Waals surface area contributed by atoms with Crippen molar-refractivity contribution in [1.29, 1.82) is 5.26 Å². The van der Waals surface area contributed by atoms with Gasteiger partial charge in [-0.1, -0.05) is 30.3 Å². The normalized spacial score (nSPS) is 9.97. The van der Waals surface area contributed by atoms with Crippen molar-refractivity contribution < 1.29 is 19.1 Å². The van der Waals surface area contributed by atoms with Crippen molar-refractivity contribution in [2.45, 2.75) is 4.90 Å². The van der Waals surface area contributed by atoms with Gasteiger partial charge in [-0.05, 0) is 24.3 Å². The highest BCUT2D eigenvalue weighted by Crippen LogP contribution is 2.23. The lowest BCUT2D eigenvalue weighted by Crippen LogP contribution is -2.35. The quantitative estimate of drug-likeness (QED) is 0.377. The number of hydrogen-bond acceptors (Lipinski definition) is 6. The maximum atomic E-state index is 12.5.